The molecular weight excluding hydrogens is 202 g/mol. The van der Waals surface area contributed by atoms with Crippen molar-refractivity contribution in [2.45, 2.75) is 13.0 Å². The first kappa shape index (κ1) is 9.13. The van der Waals surface area contributed by atoms with Gasteiger partial charge in [0.1, 0.15) is 0 Å². The van der Waals surface area contributed by atoms with E-state index in [0.29, 0.717) is 0 Å². The van der Waals surface area contributed by atoms with Gasteiger partial charge in [0, 0.05) is 11.4 Å². The van der Waals surface area contributed by atoms with E-state index in [1.165, 1.54) is 28.0 Å². The van der Waals surface area contributed by atoms with Gasteiger partial charge in [-0.1, -0.05) is 18.2 Å². The van der Waals surface area contributed by atoms with E-state index in [-0.39, 0.29) is 0 Å². The summed E-state index contributed by atoms with van der Waals surface area (Å²) >= 11 is 1.81. The van der Waals surface area contributed by atoms with E-state index >= 15 is 0 Å². The molecule has 0 saturated carbocycles. The van der Waals surface area contributed by atoms with E-state index in [0.717, 1.165) is 13.1 Å². The highest BCUT2D eigenvalue weighted by molar-refractivity contribution is 7.13. The summed E-state index contributed by atoms with van der Waals surface area (Å²) in [7, 11) is 0. The number of rotatable bonds is 1. The van der Waals surface area contributed by atoms with Crippen LogP contribution < -0.4 is 5.32 Å². The highest BCUT2D eigenvalue weighted by atomic mass is 32.1. The summed E-state index contributed by atoms with van der Waals surface area (Å²) in [5.41, 5.74) is 4.33. The highest BCUT2D eigenvalue weighted by Crippen LogP contribution is 2.27. The molecule has 1 aliphatic heterocycles. The van der Waals surface area contributed by atoms with Gasteiger partial charge in [0.25, 0.3) is 0 Å². The van der Waals surface area contributed by atoms with Crippen molar-refractivity contribution in [3.05, 3.63) is 46.8 Å². The molecule has 1 aliphatic rings. The average molecular weight is 215 g/mol. The Morgan fingerprint density at radius 2 is 2.13 bits per heavy atom. The molecule has 2 heterocycles. The third-order valence-corrected chi connectivity index (χ3v) is 3.82. The Hall–Kier alpha value is -1.12. The van der Waals surface area contributed by atoms with Gasteiger partial charge in [-0.2, -0.15) is 0 Å². The van der Waals surface area contributed by atoms with Gasteiger partial charge < -0.3 is 5.32 Å². The number of nitrogens with one attached hydrogen (secondary N) is 1. The van der Waals surface area contributed by atoms with Crippen LogP contribution in [0.4, 0.5) is 0 Å². The summed E-state index contributed by atoms with van der Waals surface area (Å²) in [6, 6.07) is 11.1. The third kappa shape index (κ3) is 1.71. The Kier molecular flexibility index (Phi) is 2.31. The normalized spacial score (nSPS) is 14.9. The Balaban J connectivity index is 2.04. The molecule has 1 aromatic heterocycles. The van der Waals surface area contributed by atoms with Gasteiger partial charge in [0.2, 0.25) is 0 Å². The molecule has 0 amide bonds. The molecule has 0 aliphatic carbocycles. The van der Waals surface area contributed by atoms with Gasteiger partial charge in [0.15, 0.2) is 0 Å². The number of fused-ring (bicyclic) bond motifs is 1. The second-order valence-corrected chi connectivity index (χ2v) is 4.84. The Morgan fingerprint density at radius 3 is 3.00 bits per heavy atom. The van der Waals surface area contributed by atoms with Crippen LogP contribution in [-0.2, 0) is 13.0 Å². The van der Waals surface area contributed by atoms with Crippen LogP contribution in [0.15, 0.2) is 35.7 Å². The lowest BCUT2D eigenvalue weighted by molar-refractivity contribution is 0.644. The molecule has 1 N–H and O–H groups in total. The highest BCUT2D eigenvalue weighted by Gasteiger charge is 2.09. The minimum absolute atomic E-state index is 1.02. The molecule has 15 heavy (non-hydrogen) atoms. The maximum absolute atomic E-state index is 3.42. The lowest BCUT2D eigenvalue weighted by Gasteiger charge is -2.17. The van der Waals surface area contributed by atoms with E-state index in [2.05, 4.69) is 41.0 Å². The van der Waals surface area contributed by atoms with Crippen molar-refractivity contribution in [3.8, 4) is 10.4 Å². The molecule has 76 valence electrons. The van der Waals surface area contributed by atoms with Crippen LogP contribution >= 0.6 is 11.3 Å². The summed E-state index contributed by atoms with van der Waals surface area (Å²) < 4.78 is 0. The molecule has 2 aromatic rings. The molecule has 1 nitrogen and oxygen atoms in total. The van der Waals surface area contributed by atoms with Crippen molar-refractivity contribution >= 4 is 11.3 Å². The molecule has 0 saturated heterocycles. The van der Waals surface area contributed by atoms with E-state index in [1.807, 2.05) is 0 Å². The summed E-state index contributed by atoms with van der Waals surface area (Å²) in [5, 5.41) is 5.55. The second kappa shape index (κ2) is 3.80. The van der Waals surface area contributed by atoms with Crippen molar-refractivity contribution in [1.29, 1.82) is 0 Å². The van der Waals surface area contributed by atoms with Crippen molar-refractivity contribution in [2.24, 2.45) is 0 Å². The Morgan fingerprint density at radius 1 is 1.13 bits per heavy atom. The molecule has 2 heteroatoms. The summed E-state index contributed by atoms with van der Waals surface area (Å²) in [6.07, 6.45) is 1.17. The van der Waals surface area contributed by atoms with Crippen LogP contribution in [0.1, 0.15) is 11.1 Å². The van der Waals surface area contributed by atoms with Gasteiger partial charge in [-0.25, -0.2) is 0 Å². The zero-order chi connectivity index (χ0) is 10.1. The van der Waals surface area contributed by atoms with Crippen LogP contribution in [0.3, 0.4) is 0 Å². The van der Waals surface area contributed by atoms with Crippen LogP contribution in [0.2, 0.25) is 0 Å². The van der Waals surface area contributed by atoms with Gasteiger partial charge >= 0.3 is 0 Å². The van der Waals surface area contributed by atoms with E-state index < -0.39 is 0 Å². The van der Waals surface area contributed by atoms with Gasteiger partial charge in [0.05, 0.1) is 0 Å². The summed E-state index contributed by atoms with van der Waals surface area (Å²) in [6.45, 7) is 2.14. The molecule has 0 radical (unpaired) electrons. The van der Waals surface area contributed by atoms with E-state index in [4.69, 9.17) is 0 Å². The van der Waals surface area contributed by atoms with Crippen molar-refractivity contribution < 1.29 is 0 Å². The standard InChI is InChI=1S/C13H13NS/c1-2-13(15-7-1)11-4-3-10-5-6-14-9-12(10)8-11/h1-4,7-8,14H,5-6,9H2. The molecule has 0 unspecified atom stereocenters. The monoisotopic (exact) mass is 215 g/mol. The minimum atomic E-state index is 1.02. The molecule has 0 bridgehead atoms. The summed E-state index contributed by atoms with van der Waals surface area (Å²) in [4.78, 5) is 1.36. The van der Waals surface area contributed by atoms with Crippen molar-refractivity contribution in [1.82, 2.24) is 5.32 Å². The SMILES string of the molecule is c1csc(-c2ccc3c(c2)CNCC3)c1. The largest absolute Gasteiger partial charge is 0.312 e. The molecule has 0 fully saturated rings. The van der Waals surface area contributed by atoms with E-state index in [9.17, 15) is 0 Å². The predicted molar refractivity (Wildman–Crippen MR) is 65.2 cm³/mol. The quantitative estimate of drug-likeness (QED) is 0.771. The number of hydrogen-bond acceptors (Lipinski definition) is 2. The first-order valence-corrected chi connectivity index (χ1v) is 6.18. The zero-order valence-electron chi connectivity index (χ0n) is 8.49. The van der Waals surface area contributed by atoms with Crippen LogP contribution in [0, 0.1) is 0 Å². The first-order chi connectivity index (χ1) is 7.43. The fraction of sp³-hybridized carbons (Fsp3) is 0.231. The van der Waals surface area contributed by atoms with Crippen LogP contribution in [-0.4, -0.2) is 6.54 Å². The van der Waals surface area contributed by atoms with Gasteiger partial charge in [-0.3, -0.25) is 0 Å². The maximum Gasteiger partial charge on any atom is 0.0342 e. The lowest BCUT2D eigenvalue weighted by Crippen LogP contribution is -2.23. The molecule has 1 aromatic carbocycles. The summed E-state index contributed by atoms with van der Waals surface area (Å²) in [5.74, 6) is 0. The maximum atomic E-state index is 3.42. The van der Waals surface area contributed by atoms with Gasteiger partial charge in [-0.05, 0) is 47.2 Å². The van der Waals surface area contributed by atoms with Crippen molar-refractivity contribution in [3.63, 3.8) is 0 Å². The molecule has 0 spiro atoms. The van der Waals surface area contributed by atoms with E-state index in [1.54, 1.807) is 11.3 Å². The van der Waals surface area contributed by atoms with Crippen LogP contribution in [0.25, 0.3) is 10.4 Å². The molecule has 3 rings (SSSR count). The Labute approximate surface area is 93.8 Å². The lowest BCUT2D eigenvalue weighted by atomic mass is 9.98. The number of thiophene rings is 1. The second-order valence-electron chi connectivity index (χ2n) is 3.89. The number of benzene rings is 1. The molecule has 0 atom stereocenters. The average Bonchev–Trinajstić information content (AvgIpc) is 2.82. The predicted octanol–water partition coefficient (Wildman–Crippen LogP) is 3.06. The fourth-order valence-corrected chi connectivity index (χ4v) is 2.80. The number of hydrogen-bond donors (Lipinski definition) is 1. The topological polar surface area (TPSA) is 12.0 Å². The smallest absolute Gasteiger partial charge is 0.0342 e. The Bertz CT molecular complexity index is 459. The molecular formula is C13H13NS. The van der Waals surface area contributed by atoms with Gasteiger partial charge in [-0.15, -0.1) is 11.3 Å². The minimum Gasteiger partial charge on any atom is -0.312 e. The third-order valence-electron chi connectivity index (χ3n) is 2.90. The first-order valence-electron chi connectivity index (χ1n) is 5.30. The van der Waals surface area contributed by atoms with Crippen LogP contribution in [0.5, 0.6) is 0 Å². The zero-order valence-corrected chi connectivity index (χ0v) is 9.31. The fourth-order valence-electron chi connectivity index (χ4n) is 2.08. The van der Waals surface area contributed by atoms with Crippen molar-refractivity contribution in [2.75, 3.05) is 6.54 Å².